The molecule has 0 bridgehead atoms. The summed E-state index contributed by atoms with van der Waals surface area (Å²) in [5.74, 6) is 1.77. The van der Waals surface area contributed by atoms with Crippen molar-refractivity contribution in [3.63, 3.8) is 0 Å². The van der Waals surface area contributed by atoms with E-state index < -0.39 is 0 Å². The summed E-state index contributed by atoms with van der Waals surface area (Å²) in [7, 11) is 0. The molecule has 4 heterocycles. The van der Waals surface area contributed by atoms with Gasteiger partial charge in [-0.1, -0.05) is 30.3 Å². The number of thiophene rings is 1. The predicted molar refractivity (Wildman–Crippen MR) is 147 cm³/mol. The Bertz CT molecular complexity index is 1580. The Kier molecular flexibility index (Phi) is 5.61. The first-order valence-electron chi connectivity index (χ1n) is 13.0. The summed E-state index contributed by atoms with van der Waals surface area (Å²) >= 11 is 1.72. The molecule has 7 rings (SSSR count). The number of aromatic nitrogens is 4. The van der Waals surface area contributed by atoms with Gasteiger partial charge in [0, 0.05) is 35.0 Å². The molecule has 2 N–H and O–H groups in total. The van der Waals surface area contributed by atoms with Crippen molar-refractivity contribution in [3.05, 3.63) is 77.1 Å². The molecule has 1 saturated heterocycles. The normalized spacial score (nSPS) is 18.3. The van der Waals surface area contributed by atoms with Gasteiger partial charge in [0.05, 0.1) is 17.1 Å². The van der Waals surface area contributed by atoms with Crippen LogP contribution in [0.3, 0.4) is 0 Å². The number of H-pyrrole nitrogens is 1. The Labute approximate surface area is 218 Å². The van der Waals surface area contributed by atoms with E-state index >= 15 is 0 Å². The molecule has 1 aliphatic carbocycles. The van der Waals surface area contributed by atoms with E-state index in [9.17, 15) is 4.79 Å². The van der Waals surface area contributed by atoms with Crippen molar-refractivity contribution >= 4 is 49.9 Å². The molecular formula is C29H28N6OS. The minimum atomic E-state index is 0.0571. The molecule has 2 aromatic carbocycles. The molecule has 8 heteroatoms. The molecule has 1 amide bonds. The SMILES string of the molecule is O=C([C@H]1CCc2c(sc3ncnc(Nc4ccc5[nH]ncc5c4)c23)C1)N1CCC(c2ccccc2)CC1. The fourth-order valence-electron chi connectivity index (χ4n) is 5.99. The lowest BCUT2D eigenvalue weighted by molar-refractivity contribution is -0.137. The molecule has 0 spiro atoms. The predicted octanol–water partition coefficient (Wildman–Crippen LogP) is 5.82. The molecule has 0 unspecified atom stereocenters. The van der Waals surface area contributed by atoms with Gasteiger partial charge in [-0.3, -0.25) is 9.89 Å². The summed E-state index contributed by atoms with van der Waals surface area (Å²) in [6, 6.07) is 16.8. The zero-order chi connectivity index (χ0) is 24.8. The van der Waals surface area contributed by atoms with Gasteiger partial charge in [0.25, 0.3) is 0 Å². The number of anilines is 2. The molecule has 0 saturated carbocycles. The van der Waals surface area contributed by atoms with Gasteiger partial charge in [-0.2, -0.15) is 5.10 Å². The van der Waals surface area contributed by atoms with Crippen LogP contribution < -0.4 is 5.32 Å². The second-order valence-corrected chi connectivity index (χ2v) is 11.2. The zero-order valence-electron chi connectivity index (χ0n) is 20.5. The van der Waals surface area contributed by atoms with Crippen molar-refractivity contribution in [2.75, 3.05) is 18.4 Å². The first-order valence-corrected chi connectivity index (χ1v) is 13.8. The van der Waals surface area contributed by atoms with E-state index in [0.717, 1.165) is 77.8 Å². The van der Waals surface area contributed by atoms with Gasteiger partial charge in [0.1, 0.15) is 17.0 Å². The number of nitrogens with zero attached hydrogens (tertiary/aromatic N) is 4. The van der Waals surface area contributed by atoms with Crippen molar-refractivity contribution in [2.45, 2.75) is 38.0 Å². The van der Waals surface area contributed by atoms with E-state index in [4.69, 9.17) is 0 Å². The average molecular weight is 509 g/mol. The van der Waals surface area contributed by atoms with Gasteiger partial charge in [0.15, 0.2) is 0 Å². The highest BCUT2D eigenvalue weighted by molar-refractivity contribution is 7.19. The number of nitrogens with one attached hydrogen (secondary N) is 2. The molecule has 7 nitrogen and oxygen atoms in total. The van der Waals surface area contributed by atoms with Crippen LogP contribution in [0, 0.1) is 5.92 Å². The van der Waals surface area contributed by atoms with Crippen molar-refractivity contribution in [3.8, 4) is 0 Å². The Morgan fingerprint density at radius 1 is 1.05 bits per heavy atom. The molecule has 37 heavy (non-hydrogen) atoms. The van der Waals surface area contributed by atoms with Crippen molar-refractivity contribution < 1.29 is 4.79 Å². The number of benzene rings is 2. The second kappa shape index (κ2) is 9.27. The molecular weight excluding hydrogens is 480 g/mol. The van der Waals surface area contributed by atoms with Gasteiger partial charge in [-0.05, 0) is 67.3 Å². The van der Waals surface area contributed by atoms with Gasteiger partial charge < -0.3 is 10.2 Å². The minimum absolute atomic E-state index is 0.0571. The third kappa shape index (κ3) is 4.15. The molecule has 5 aromatic rings. The Hall–Kier alpha value is -3.78. The van der Waals surface area contributed by atoms with Crippen LogP contribution in [0.25, 0.3) is 21.1 Å². The zero-order valence-corrected chi connectivity index (χ0v) is 21.3. The molecule has 1 fully saturated rings. The molecule has 1 aliphatic heterocycles. The lowest BCUT2D eigenvalue weighted by Crippen LogP contribution is -2.42. The number of carbonyl (C=O) groups excluding carboxylic acids is 1. The van der Waals surface area contributed by atoms with E-state index in [1.165, 1.54) is 16.0 Å². The molecule has 2 aliphatic rings. The van der Waals surface area contributed by atoms with Crippen LogP contribution in [-0.4, -0.2) is 44.1 Å². The first-order chi connectivity index (χ1) is 18.2. The monoisotopic (exact) mass is 508 g/mol. The number of fused-ring (bicyclic) bond motifs is 4. The smallest absolute Gasteiger partial charge is 0.226 e. The number of hydrogen-bond acceptors (Lipinski definition) is 6. The van der Waals surface area contributed by atoms with Crippen molar-refractivity contribution in [2.24, 2.45) is 5.92 Å². The highest BCUT2D eigenvalue weighted by Crippen LogP contribution is 2.41. The van der Waals surface area contributed by atoms with Crippen LogP contribution in [0.4, 0.5) is 11.5 Å². The van der Waals surface area contributed by atoms with Crippen LogP contribution in [0.2, 0.25) is 0 Å². The van der Waals surface area contributed by atoms with Gasteiger partial charge in [0.2, 0.25) is 5.91 Å². The Morgan fingerprint density at radius 3 is 2.78 bits per heavy atom. The third-order valence-corrected chi connectivity index (χ3v) is 9.14. The number of rotatable bonds is 4. The lowest BCUT2D eigenvalue weighted by atomic mass is 9.85. The van der Waals surface area contributed by atoms with Crippen molar-refractivity contribution in [1.82, 2.24) is 25.1 Å². The van der Waals surface area contributed by atoms with Gasteiger partial charge in [-0.15, -0.1) is 11.3 Å². The first kappa shape index (κ1) is 22.4. The van der Waals surface area contributed by atoms with E-state index in [0.29, 0.717) is 11.8 Å². The standard InChI is InChI=1S/C29H28N6OS/c36-29(35-12-10-19(11-13-35)18-4-2-1-3-5-18)20-6-8-23-25(15-20)37-28-26(23)27(30-17-31-28)33-22-7-9-24-21(14-22)16-32-34-24/h1-5,7,9,14,16-17,19-20H,6,8,10-13,15H2,(H,32,34)(H,30,31,33)/t20-/m0/s1. The molecule has 3 aromatic heterocycles. The Morgan fingerprint density at radius 2 is 1.92 bits per heavy atom. The van der Waals surface area contributed by atoms with Gasteiger partial charge in [-0.25, -0.2) is 9.97 Å². The molecule has 186 valence electrons. The highest BCUT2D eigenvalue weighted by atomic mass is 32.1. The quantitative estimate of drug-likeness (QED) is 0.319. The fourth-order valence-corrected chi connectivity index (χ4v) is 7.26. The van der Waals surface area contributed by atoms with Crippen LogP contribution in [-0.2, 0) is 17.6 Å². The summed E-state index contributed by atoms with van der Waals surface area (Å²) in [5.41, 5.74) is 4.68. The minimum Gasteiger partial charge on any atom is -0.342 e. The van der Waals surface area contributed by atoms with E-state index in [1.54, 1.807) is 17.7 Å². The lowest BCUT2D eigenvalue weighted by Gasteiger charge is -2.35. The maximum atomic E-state index is 13.5. The second-order valence-electron chi connectivity index (χ2n) is 10.2. The van der Waals surface area contributed by atoms with Crippen LogP contribution in [0.1, 0.15) is 41.2 Å². The number of aromatic amines is 1. The van der Waals surface area contributed by atoms with Crippen molar-refractivity contribution in [1.29, 1.82) is 0 Å². The van der Waals surface area contributed by atoms with Crippen LogP contribution in [0.5, 0.6) is 0 Å². The molecule has 0 radical (unpaired) electrons. The fraction of sp³-hybridized carbons (Fsp3) is 0.310. The summed E-state index contributed by atoms with van der Waals surface area (Å²) in [5, 5.41) is 12.8. The van der Waals surface area contributed by atoms with Crippen LogP contribution >= 0.6 is 11.3 Å². The summed E-state index contributed by atoms with van der Waals surface area (Å²) in [6.07, 6.45) is 8.11. The van der Waals surface area contributed by atoms with E-state index in [2.05, 4.69) is 66.8 Å². The van der Waals surface area contributed by atoms with Gasteiger partial charge >= 0.3 is 0 Å². The number of aryl methyl sites for hydroxylation is 1. The highest BCUT2D eigenvalue weighted by Gasteiger charge is 2.33. The Balaban J connectivity index is 1.08. The summed E-state index contributed by atoms with van der Waals surface area (Å²) in [4.78, 5) is 27.1. The number of likely N-dealkylation sites (tertiary alicyclic amines) is 1. The maximum absolute atomic E-state index is 13.5. The topological polar surface area (TPSA) is 86.8 Å². The van der Waals surface area contributed by atoms with E-state index in [-0.39, 0.29) is 5.92 Å². The largest absolute Gasteiger partial charge is 0.342 e. The van der Waals surface area contributed by atoms with E-state index in [1.807, 2.05) is 18.3 Å². The third-order valence-electron chi connectivity index (χ3n) is 7.98. The summed E-state index contributed by atoms with van der Waals surface area (Å²) < 4.78 is 0. The average Bonchev–Trinajstić information content (AvgIpc) is 3.57. The molecule has 1 atom stereocenters. The summed E-state index contributed by atoms with van der Waals surface area (Å²) in [6.45, 7) is 1.71. The van der Waals surface area contributed by atoms with Crippen LogP contribution in [0.15, 0.2) is 61.1 Å². The maximum Gasteiger partial charge on any atom is 0.226 e. The number of carbonyl (C=O) groups is 1. The number of amides is 1. The number of hydrogen-bond donors (Lipinski definition) is 2. The number of piperidine rings is 1.